The third kappa shape index (κ3) is 3.64. The van der Waals surface area contributed by atoms with Crippen LogP contribution >= 0.6 is 11.6 Å². The Morgan fingerprint density at radius 1 is 1.44 bits per heavy atom. The molecule has 1 aromatic carbocycles. The van der Waals surface area contributed by atoms with Crippen LogP contribution in [0.1, 0.15) is 17.5 Å². The predicted molar refractivity (Wildman–Crippen MR) is 60.1 cm³/mol. The molecule has 3 nitrogen and oxygen atoms in total. The van der Waals surface area contributed by atoms with Gasteiger partial charge >= 0.3 is 6.18 Å². The van der Waals surface area contributed by atoms with E-state index in [-0.39, 0.29) is 23.6 Å². The maximum absolute atomic E-state index is 12.4. The van der Waals surface area contributed by atoms with Gasteiger partial charge in [-0.3, -0.25) is 4.79 Å². The van der Waals surface area contributed by atoms with Crippen molar-refractivity contribution < 1.29 is 18.0 Å². The summed E-state index contributed by atoms with van der Waals surface area (Å²) in [7, 11) is 0. The second-order valence-corrected chi connectivity index (χ2v) is 3.74. The zero-order valence-electron chi connectivity index (χ0n) is 9.01. The van der Waals surface area contributed by atoms with E-state index in [9.17, 15) is 18.0 Å². The molecule has 0 heterocycles. The fourth-order valence-electron chi connectivity index (χ4n) is 1.22. The molecule has 0 aliphatic heterocycles. The van der Waals surface area contributed by atoms with E-state index in [1.165, 1.54) is 0 Å². The van der Waals surface area contributed by atoms with Crippen LogP contribution in [-0.4, -0.2) is 11.8 Å². The van der Waals surface area contributed by atoms with Crippen LogP contribution in [0.15, 0.2) is 18.2 Å². The number of benzene rings is 1. The first-order valence-electron chi connectivity index (χ1n) is 4.85. The molecule has 0 unspecified atom stereocenters. The minimum atomic E-state index is -4.52. The third-order valence-electron chi connectivity index (χ3n) is 2.06. The minimum absolute atomic E-state index is 0.0213. The highest BCUT2D eigenvalue weighted by atomic mass is 35.5. The number of nitrogens with one attached hydrogen (secondary N) is 1. The summed E-state index contributed by atoms with van der Waals surface area (Å²) in [6, 6.07) is 4.15. The number of carbonyl (C=O) groups excluding carboxylic acids is 1. The van der Waals surface area contributed by atoms with Gasteiger partial charge in [-0.2, -0.15) is 18.4 Å². The number of alkyl halides is 4. The lowest BCUT2D eigenvalue weighted by Gasteiger charge is -2.10. The first-order valence-corrected chi connectivity index (χ1v) is 5.39. The molecule has 0 saturated carbocycles. The van der Waals surface area contributed by atoms with Gasteiger partial charge in [0.2, 0.25) is 5.91 Å². The summed E-state index contributed by atoms with van der Waals surface area (Å²) in [6.45, 7) is 0. The van der Waals surface area contributed by atoms with Gasteiger partial charge in [-0.15, -0.1) is 11.6 Å². The number of carbonyl (C=O) groups is 1. The smallest absolute Gasteiger partial charge is 0.325 e. The average molecular weight is 277 g/mol. The molecule has 1 amide bonds. The quantitative estimate of drug-likeness (QED) is 0.862. The topological polar surface area (TPSA) is 52.9 Å². The van der Waals surface area contributed by atoms with Crippen LogP contribution in [0, 0.1) is 11.3 Å². The lowest BCUT2D eigenvalue weighted by molar-refractivity contribution is -0.137. The molecular formula is C11H8ClF3N2O. The molecule has 0 aromatic heterocycles. The van der Waals surface area contributed by atoms with Crippen molar-refractivity contribution in [3.05, 3.63) is 29.3 Å². The van der Waals surface area contributed by atoms with Gasteiger partial charge in [-0.1, -0.05) is 0 Å². The summed E-state index contributed by atoms with van der Waals surface area (Å²) in [5.74, 6) is -0.366. The van der Waals surface area contributed by atoms with Crippen molar-refractivity contribution in [3.63, 3.8) is 0 Å². The molecule has 18 heavy (non-hydrogen) atoms. The van der Waals surface area contributed by atoms with Crippen LogP contribution in [0.25, 0.3) is 0 Å². The second-order valence-electron chi connectivity index (χ2n) is 3.36. The molecule has 1 rings (SSSR count). The van der Waals surface area contributed by atoms with Crippen LogP contribution in [-0.2, 0) is 11.0 Å². The molecule has 0 aliphatic rings. The molecule has 96 valence electrons. The summed E-state index contributed by atoms with van der Waals surface area (Å²) in [4.78, 5) is 11.2. The van der Waals surface area contributed by atoms with E-state index in [0.29, 0.717) is 6.07 Å². The van der Waals surface area contributed by atoms with Crippen molar-refractivity contribution >= 4 is 23.2 Å². The molecule has 0 bridgehead atoms. The van der Waals surface area contributed by atoms with Gasteiger partial charge in [0, 0.05) is 12.3 Å². The van der Waals surface area contributed by atoms with E-state index in [4.69, 9.17) is 16.9 Å². The number of rotatable bonds is 3. The molecule has 0 fully saturated rings. The minimum Gasteiger partial charge on any atom is -0.325 e. The summed E-state index contributed by atoms with van der Waals surface area (Å²) in [6.07, 6.45) is -4.50. The SMILES string of the molecule is N#Cc1cc(C(F)(F)F)ccc1NC(=O)CCCl. The van der Waals surface area contributed by atoms with Gasteiger partial charge in [-0.05, 0) is 18.2 Å². The molecule has 7 heteroatoms. The standard InChI is InChI=1S/C11H8ClF3N2O/c12-4-3-10(18)17-9-2-1-8(11(13,14)15)5-7(9)6-16/h1-2,5H,3-4H2,(H,17,18). The Morgan fingerprint density at radius 2 is 2.11 bits per heavy atom. The van der Waals surface area contributed by atoms with Crippen molar-refractivity contribution in [2.75, 3.05) is 11.2 Å². The number of anilines is 1. The summed E-state index contributed by atoms with van der Waals surface area (Å²) < 4.78 is 37.2. The summed E-state index contributed by atoms with van der Waals surface area (Å²) in [5.41, 5.74) is -1.14. The van der Waals surface area contributed by atoms with Crippen LogP contribution in [0.2, 0.25) is 0 Å². The molecular weight excluding hydrogens is 269 g/mol. The van der Waals surface area contributed by atoms with Gasteiger partial charge < -0.3 is 5.32 Å². The Labute approximate surface area is 106 Å². The highest BCUT2D eigenvalue weighted by Crippen LogP contribution is 2.31. The third-order valence-corrected chi connectivity index (χ3v) is 2.25. The van der Waals surface area contributed by atoms with Crippen molar-refractivity contribution in [2.45, 2.75) is 12.6 Å². The fourth-order valence-corrected chi connectivity index (χ4v) is 1.39. The van der Waals surface area contributed by atoms with Gasteiger partial charge in [0.05, 0.1) is 16.8 Å². The molecule has 0 aliphatic carbocycles. The van der Waals surface area contributed by atoms with Gasteiger partial charge in [-0.25, -0.2) is 0 Å². The summed E-state index contributed by atoms with van der Waals surface area (Å²) in [5, 5.41) is 11.1. The van der Waals surface area contributed by atoms with Gasteiger partial charge in [0.1, 0.15) is 6.07 Å². The van der Waals surface area contributed by atoms with Crippen molar-refractivity contribution in [2.24, 2.45) is 0 Å². The van der Waals surface area contributed by atoms with Crippen LogP contribution < -0.4 is 5.32 Å². The van der Waals surface area contributed by atoms with E-state index >= 15 is 0 Å². The Balaban J connectivity index is 3.02. The van der Waals surface area contributed by atoms with E-state index < -0.39 is 17.6 Å². The highest BCUT2D eigenvalue weighted by Gasteiger charge is 2.31. The Kier molecular flexibility index (Phi) is 4.56. The zero-order valence-corrected chi connectivity index (χ0v) is 9.77. The van der Waals surface area contributed by atoms with Crippen molar-refractivity contribution in [3.8, 4) is 6.07 Å². The second kappa shape index (κ2) is 5.74. The number of nitriles is 1. The van der Waals surface area contributed by atoms with E-state index in [1.807, 2.05) is 0 Å². The predicted octanol–water partition coefficient (Wildman–Crippen LogP) is 3.14. The fraction of sp³-hybridized carbons (Fsp3) is 0.273. The largest absolute Gasteiger partial charge is 0.416 e. The Bertz CT molecular complexity index is 494. The maximum atomic E-state index is 12.4. The van der Waals surface area contributed by atoms with E-state index in [1.54, 1.807) is 6.07 Å². The zero-order chi connectivity index (χ0) is 13.8. The summed E-state index contributed by atoms with van der Waals surface area (Å²) >= 11 is 5.35. The lowest BCUT2D eigenvalue weighted by Crippen LogP contribution is -2.13. The lowest BCUT2D eigenvalue weighted by atomic mass is 10.1. The van der Waals surface area contributed by atoms with Gasteiger partial charge in [0.15, 0.2) is 0 Å². The van der Waals surface area contributed by atoms with E-state index in [2.05, 4.69) is 5.32 Å². The van der Waals surface area contributed by atoms with Gasteiger partial charge in [0.25, 0.3) is 0 Å². The monoisotopic (exact) mass is 276 g/mol. The molecule has 1 N–H and O–H groups in total. The van der Waals surface area contributed by atoms with Crippen LogP contribution in [0.5, 0.6) is 0 Å². The number of hydrogen-bond donors (Lipinski definition) is 1. The number of amides is 1. The highest BCUT2D eigenvalue weighted by molar-refractivity contribution is 6.19. The Morgan fingerprint density at radius 3 is 2.61 bits per heavy atom. The maximum Gasteiger partial charge on any atom is 0.416 e. The number of hydrogen-bond acceptors (Lipinski definition) is 2. The molecule has 0 radical (unpaired) electrons. The molecule has 0 atom stereocenters. The average Bonchev–Trinajstić information content (AvgIpc) is 2.28. The van der Waals surface area contributed by atoms with E-state index in [0.717, 1.165) is 12.1 Å². The first-order chi connectivity index (χ1) is 8.38. The first kappa shape index (κ1) is 14.3. The van der Waals surface area contributed by atoms with Crippen LogP contribution in [0.3, 0.4) is 0 Å². The van der Waals surface area contributed by atoms with Crippen molar-refractivity contribution in [1.82, 2.24) is 0 Å². The molecule has 0 spiro atoms. The molecule has 0 saturated heterocycles. The number of nitrogens with zero attached hydrogens (tertiary/aromatic N) is 1. The Hall–Kier alpha value is -1.74. The molecule has 1 aromatic rings. The van der Waals surface area contributed by atoms with Crippen LogP contribution in [0.4, 0.5) is 18.9 Å². The number of halogens is 4. The normalized spacial score (nSPS) is 10.8. The van der Waals surface area contributed by atoms with Crippen molar-refractivity contribution in [1.29, 1.82) is 5.26 Å².